The lowest BCUT2D eigenvalue weighted by atomic mass is 9.95. The van der Waals surface area contributed by atoms with E-state index >= 15 is 0 Å². The average molecular weight is 775 g/mol. The molecule has 7 rings (SSSR count). The van der Waals surface area contributed by atoms with Crippen LogP contribution in [-0.2, 0) is 29.1 Å². The van der Waals surface area contributed by atoms with Gasteiger partial charge in [0.2, 0.25) is 23.6 Å². The first kappa shape index (κ1) is 37.4. The van der Waals surface area contributed by atoms with Gasteiger partial charge in [0.1, 0.15) is 16.9 Å². The molecule has 15 heteroatoms. The van der Waals surface area contributed by atoms with Crippen LogP contribution in [0, 0.1) is 0 Å². The third-order valence-electron chi connectivity index (χ3n) is 10.0. The number of amides is 3. The number of hydrogen-bond acceptors (Lipinski definition) is 9. The first-order chi connectivity index (χ1) is 26.2. The van der Waals surface area contributed by atoms with Crippen LogP contribution in [0.3, 0.4) is 0 Å². The van der Waals surface area contributed by atoms with Crippen LogP contribution in [0.4, 0.5) is 5.82 Å². The molecule has 2 aromatic carbocycles. The SMILES string of the molecule is COc1nc(O[C@H]2CCc3c(-c4cccc(C(=O)Nc5ccc(CNC[C@@H]6CCC(=O)N6)c(=O)[nH]5)c4Cl)cccc32)c(Cl)cc1CNC[C@@H]1CCC(=O)N1. The van der Waals surface area contributed by atoms with Crippen molar-refractivity contribution in [2.24, 2.45) is 0 Å². The topological polar surface area (TPSA) is 176 Å². The third-order valence-corrected chi connectivity index (χ3v) is 10.7. The lowest BCUT2D eigenvalue weighted by molar-refractivity contribution is -0.120. The van der Waals surface area contributed by atoms with Gasteiger partial charge in [-0.05, 0) is 66.6 Å². The van der Waals surface area contributed by atoms with E-state index in [0.29, 0.717) is 73.9 Å². The van der Waals surface area contributed by atoms with Crippen LogP contribution in [0.1, 0.15) is 70.8 Å². The second-order valence-corrected chi connectivity index (χ2v) is 14.5. The molecule has 4 aromatic rings. The summed E-state index contributed by atoms with van der Waals surface area (Å²) in [5.74, 6) is 0.553. The van der Waals surface area contributed by atoms with E-state index in [1.807, 2.05) is 24.3 Å². The number of carbonyl (C=O) groups is 3. The van der Waals surface area contributed by atoms with Gasteiger partial charge in [-0.15, -0.1) is 0 Å². The highest BCUT2D eigenvalue weighted by Crippen LogP contribution is 2.43. The predicted molar refractivity (Wildman–Crippen MR) is 205 cm³/mol. The largest absolute Gasteiger partial charge is 0.481 e. The molecule has 0 radical (unpaired) electrons. The van der Waals surface area contributed by atoms with Gasteiger partial charge in [-0.25, -0.2) is 0 Å². The summed E-state index contributed by atoms with van der Waals surface area (Å²) in [5, 5.41) is 15.8. The summed E-state index contributed by atoms with van der Waals surface area (Å²) in [7, 11) is 1.55. The van der Waals surface area contributed by atoms with Crippen molar-refractivity contribution in [3.05, 3.63) is 103 Å². The zero-order valence-corrected chi connectivity index (χ0v) is 31.2. The third kappa shape index (κ3) is 8.39. The number of nitrogens with zero attached hydrogens (tertiary/aromatic N) is 1. The maximum atomic E-state index is 13.5. The maximum Gasteiger partial charge on any atom is 0.258 e. The fourth-order valence-electron chi connectivity index (χ4n) is 7.25. The predicted octanol–water partition coefficient (Wildman–Crippen LogP) is 4.81. The normalized spacial score (nSPS) is 19.0. The molecule has 13 nitrogen and oxygen atoms in total. The Morgan fingerprint density at radius 3 is 2.19 bits per heavy atom. The summed E-state index contributed by atoms with van der Waals surface area (Å²) in [4.78, 5) is 56.5. The van der Waals surface area contributed by atoms with Crippen molar-refractivity contribution in [3.8, 4) is 22.9 Å². The Balaban J connectivity index is 1.01. The molecule has 282 valence electrons. The standard InChI is InChI=1S/C39H41Cl2N7O6/c1-53-38-22(18-43-20-24-10-15-34(50)45-24)16-30(40)39(48-38)54-31-12-11-26-25(4-2-5-27(26)31)28-6-3-7-29(35(28)41)37(52)47-32-13-8-21(36(51)46-32)17-42-19-23-9-14-33(49)44-23/h2-8,13,16,23-24,31,42-43H,9-12,14-15,17-20H2,1H3,(H,44,49)(H,45,50)(H2,46,47,51,52)/t23-,24-,31-/m0/s1. The fourth-order valence-corrected chi connectivity index (χ4v) is 7.78. The van der Waals surface area contributed by atoms with Crippen LogP contribution >= 0.6 is 23.2 Å². The highest BCUT2D eigenvalue weighted by molar-refractivity contribution is 6.37. The Morgan fingerprint density at radius 2 is 1.52 bits per heavy atom. The molecule has 2 aromatic heterocycles. The van der Waals surface area contributed by atoms with Gasteiger partial charge in [-0.3, -0.25) is 19.2 Å². The Hall–Kier alpha value is -4.95. The molecule has 4 heterocycles. The lowest BCUT2D eigenvalue weighted by Gasteiger charge is -2.18. The van der Waals surface area contributed by atoms with Crippen LogP contribution in [-0.4, -0.2) is 60.0 Å². The monoisotopic (exact) mass is 773 g/mol. The van der Waals surface area contributed by atoms with Crippen molar-refractivity contribution in [3.63, 3.8) is 0 Å². The fraction of sp³-hybridized carbons (Fsp3) is 0.359. The number of ether oxygens (including phenoxy) is 2. The van der Waals surface area contributed by atoms with Crippen molar-refractivity contribution in [1.29, 1.82) is 0 Å². The summed E-state index contributed by atoms with van der Waals surface area (Å²) < 4.78 is 12.0. The van der Waals surface area contributed by atoms with Crippen molar-refractivity contribution in [2.75, 3.05) is 25.5 Å². The van der Waals surface area contributed by atoms with Gasteiger partial charge in [0.15, 0.2) is 0 Å². The smallest absolute Gasteiger partial charge is 0.258 e. The van der Waals surface area contributed by atoms with Crippen LogP contribution in [0.2, 0.25) is 10.0 Å². The number of halogens is 2. The highest BCUT2D eigenvalue weighted by atomic mass is 35.5. The van der Waals surface area contributed by atoms with Gasteiger partial charge in [-0.1, -0.05) is 53.5 Å². The molecule has 3 atom stereocenters. The molecule has 0 unspecified atom stereocenters. The van der Waals surface area contributed by atoms with Gasteiger partial charge < -0.3 is 41.0 Å². The number of pyridine rings is 2. The molecule has 2 saturated heterocycles. The summed E-state index contributed by atoms with van der Waals surface area (Å²) in [6, 6.07) is 16.4. The molecule has 2 aliphatic heterocycles. The molecule has 6 N–H and O–H groups in total. The number of aromatic amines is 1. The van der Waals surface area contributed by atoms with E-state index in [1.54, 1.807) is 37.4 Å². The van der Waals surface area contributed by atoms with Crippen molar-refractivity contribution < 1.29 is 23.9 Å². The quantitative estimate of drug-likeness (QED) is 0.105. The van der Waals surface area contributed by atoms with E-state index in [2.05, 4.69) is 36.6 Å². The molecule has 2 fully saturated rings. The minimum absolute atomic E-state index is 0.0407. The Labute approximate surface area is 321 Å². The van der Waals surface area contributed by atoms with Gasteiger partial charge in [0.25, 0.3) is 11.5 Å². The summed E-state index contributed by atoms with van der Waals surface area (Å²) in [5.41, 5.74) is 4.81. The molecule has 3 amide bonds. The number of H-pyrrole nitrogens is 1. The first-order valence-corrected chi connectivity index (χ1v) is 18.8. The Kier molecular flexibility index (Phi) is 11.5. The molecule has 0 bridgehead atoms. The first-order valence-electron chi connectivity index (χ1n) is 18.0. The van der Waals surface area contributed by atoms with E-state index in [9.17, 15) is 19.2 Å². The van der Waals surface area contributed by atoms with Crippen LogP contribution in [0.5, 0.6) is 11.8 Å². The number of methoxy groups -OCH3 is 1. The van der Waals surface area contributed by atoms with Crippen molar-refractivity contribution in [2.45, 2.75) is 69.8 Å². The minimum Gasteiger partial charge on any atom is -0.481 e. The molecule has 54 heavy (non-hydrogen) atoms. The number of carbonyl (C=O) groups excluding carboxylic acids is 3. The number of fused-ring (bicyclic) bond motifs is 1. The van der Waals surface area contributed by atoms with E-state index in [4.69, 9.17) is 32.7 Å². The highest BCUT2D eigenvalue weighted by Gasteiger charge is 2.29. The van der Waals surface area contributed by atoms with E-state index in [-0.39, 0.29) is 57.8 Å². The number of hydrogen-bond donors (Lipinski definition) is 6. The van der Waals surface area contributed by atoms with Gasteiger partial charge in [-0.2, -0.15) is 4.98 Å². The summed E-state index contributed by atoms with van der Waals surface area (Å²) >= 11 is 13.6. The maximum absolute atomic E-state index is 13.5. The van der Waals surface area contributed by atoms with Crippen LogP contribution < -0.4 is 41.6 Å². The molecule has 3 aliphatic rings. The number of rotatable bonds is 14. The Morgan fingerprint density at radius 1 is 0.833 bits per heavy atom. The molecular weight excluding hydrogens is 733 g/mol. The second kappa shape index (κ2) is 16.6. The number of anilines is 1. The average Bonchev–Trinajstić information content (AvgIpc) is 3.89. The van der Waals surface area contributed by atoms with Crippen LogP contribution in [0.25, 0.3) is 11.1 Å². The van der Waals surface area contributed by atoms with E-state index in [1.165, 1.54) is 0 Å². The van der Waals surface area contributed by atoms with Crippen molar-refractivity contribution >= 4 is 46.7 Å². The van der Waals surface area contributed by atoms with E-state index < -0.39 is 5.91 Å². The lowest BCUT2D eigenvalue weighted by Crippen LogP contribution is -2.36. The molecule has 0 saturated carbocycles. The summed E-state index contributed by atoms with van der Waals surface area (Å²) in [6.45, 7) is 1.97. The molecule has 0 spiro atoms. The van der Waals surface area contributed by atoms with E-state index in [0.717, 1.165) is 35.1 Å². The van der Waals surface area contributed by atoms with Crippen LogP contribution in [0.15, 0.2) is 59.4 Å². The number of aromatic nitrogens is 2. The number of nitrogens with one attached hydrogen (secondary N) is 6. The van der Waals surface area contributed by atoms with Crippen molar-refractivity contribution in [1.82, 2.24) is 31.2 Å². The zero-order chi connectivity index (χ0) is 37.8. The Bertz CT molecular complexity index is 2140. The minimum atomic E-state index is -0.465. The molecule has 1 aliphatic carbocycles. The van der Waals surface area contributed by atoms with Gasteiger partial charge >= 0.3 is 0 Å². The summed E-state index contributed by atoms with van der Waals surface area (Å²) in [6.07, 6.45) is 3.68. The van der Waals surface area contributed by atoms with Gasteiger partial charge in [0, 0.05) is 67.8 Å². The number of benzene rings is 2. The molecular formula is C39H41Cl2N7O6. The van der Waals surface area contributed by atoms with Gasteiger partial charge in [0.05, 0.1) is 17.7 Å². The zero-order valence-electron chi connectivity index (χ0n) is 29.7. The second-order valence-electron chi connectivity index (χ2n) is 13.7.